The molecule has 1 rings (SSSR count). The summed E-state index contributed by atoms with van der Waals surface area (Å²) in [6.07, 6.45) is 12.7. The van der Waals surface area contributed by atoms with Crippen molar-refractivity contribution in [2.75, 3.05) is 0 Å². The molecule has 0 aromatic heterocycles. The van der Waals surface area contributed by atoms with Crippen LogP contribution in [0.1, 0.15) is 34.1 Å². The lowest BCUT2D eigenvalue weighted by Gasteiger charge is -2.41. The first-order chi connectivity index (χ1) is 8.15. The summed E-state index contributed by atoms with van der Waals surface area (Å²) in [5.41, 5.74) is 2.22. The average molecular weight is 231 g/mol. The van der Waals surface area contributed by atoms with Crippen LogP contribution in [-0.2, 0) is 4.79 Å². The van der Waals surface area contributed by atoms with E-state index in [0.717, 1.165) is 5.70 Å². The monoisotopic (exact) mass is 231 g/mol. The predicted molar refractivity (Wildman–Crippen MR) is 72.4 cm³/mol. The topological polar surface area (TPSA) is 20.3 Å². The Morgan fingerprint density at radius 1 is 1.29 bits per heavy atom. The first-order valence-corrected chi connectivity index (χ1v) is 6.06. The third-order valence-electron chi connectivity index (χ3n) is 2.94. The van der Waals surface area contributed by atoms with Gasteiger partial charge >= 0.3 is 0 Å². The molecule has 1 aliphatic rings. The Hall–Kier alpha value is -1.57. The Bertz CT molecular complexity index is 399. The standard InChI is InChI=1S/C15H21NO/c1-5-8-10-12(4)16-14(11-15(16)17)13(7-3)9-6-2/h5-10,14H,11H2,1-4H3/b8-5-,9-6-,12-10+,13-7+. The lowest BCUT2D eigenvalue weighted by atomic mass is 9.92. The SMILES string of the molecule is C/C=C\C=C(/C)N1C(=O)CC1C(/C=C\C)=C/C. The predicted octanol–water partition coefficient (Wildman–Crippen LogP) is 3.59. The summed E-state index contributed by atoms with van der Waals surface area (Å²) >= 11 is 0. The van der Waals surface area contributed by atoms with E-state index in [4.69, 9.17) is 0 Å². The van der Waals surface area contributed by atoms with Crippen molar-refractivity contribution in [2.24, 2.45) is 0 Å². The van der Waals surface area contributed by atoms with Crippen LogP contribution in [0, 0.1) is 0 Å². The van der Waals surface area contributed by atoms with Gasteiger partial charge in [0, 0.05) is 5.70 Å². The minimum Gasteiger partial charge on any atom is -0.308 e. The van der Waals surface area contributed by atoms with Crippen LogP contribution in [0.3, 0.4) is 0 Å². The summed E-state index contributed by atoms with van der Waals surface area (Å²) in [5.74, 6) is 0.206. The van der Waals surface area contributed by atoms with Crippen molar-refractivity contribution >= 4 is 5.91 Å². The van der Waals surface area contributed by atoms with Crippen molar-refractivity contribution in [3.63, 3.8) is 0 Å². The van der Waals surface area contributed by atoms with Crippen LogP contribution in [0.4, 0.5) is 0 Å². The molecule has 2 nitrogen and oxygen atoms in total. The molecule has 1 unspecified atom stereocenters. The van der Waals surface area contributed by atoms with Crippen LogP contribution < -0.4 is 0 Å². The van der Waals surface area contributed by atoms with E-state index in [9.17, 15) is 4.79 Å². The Labute approximate surface area is 104 Å². The number of nitrogens with zero attached hydrogens (tertiary/aromatic N) is 1. The van der Waals surface area contributed by atoms with Gasteiger partial charge in [0.25, 0.3) is 0 Å². The van der Waals surface area contributed by atoms with Crippen molar-refractivity contribution in [1.29, 1.82) is 0 Å². The van der Waals surface area contributed by atoms with Gasteiger partial charge in [-0.25, -0.2) is 0 Å². The van der Waals surface area contributed by atoms with E-state index in [2.05, 4.69) is 12.2 Å². The number of hydrogen-bond donors (Lipinski definition) is 0. The van der Waals surface area contributed by atoms with Crippen molar-refractivity contribution in [3.8, 4) is 0 Å². The van der Waals surface area contributed by atoms with E-state index in [0.29, 0.717) is 6.42 Å². The van der Waals surface area contributed by atoms with Crippen LogP contribution in [0.25, 0.3) is 0 Å². The number of carbonyl (C=O) groups excluding carboxylic acids is 1. The van der Waals surface area contributed by atoms with Gasteiger partial charge in [-0.15, -0.1) is 0 Å². The molecule has 0 aromatic carbocycles. The van der Waals surface area contributed by atoms with Crippen molar-refractivity contribution < 1.29 is 4.79 Å². The van der Waals surface area contributed by atoms with E-state index in [1.807, 2.05) is 56.9 Å². The molecular weight excluding hydrogens is 210 g/mol. The van der Waals surface area contributed by atoms with Gasteiger partial charge in [0.1, 0.15) is 0 Å². The van der Waals surface area contributed by atoms with Crippen molar-refractivity contribution in [2.45, 2.75) is 40.2 Å². The second-order valence-corrected chi connectivity index (χ2v) is 4.11. The number of carbonyl (C=O) groups is 1. The molecule has 1 aliphatic heterocycles. The number of β-lactam (4-membered cyclic amide) rings is 1. The molecule has 2 heteroatoms. The second-order valence-electron chi connectivity index (χ2n) is 4.11. The minimum atomic E-state index is 0.206. The minimum absolute atomic E-state index is 0.206. The van der Waals surface area contributed by atoms with Crippen LogP contribution >= 0.6 is 0 Å². The van der Waals surface area contributed by atoms with Gasteiger partial charge < -0.3 is 4.90 Å². The quantitative estimate of drug-likeness (QED) is 0.535. The fourth-order valence-corrected chi connectivity index (χ4v) is 2.03. The third-order valence-corrected chi connectivity index (χ3v) is 2.94. The van der Waals surface area contributed by atoms with E-state index in [1.54, 1.807) is 0 Å². The highest BCUT2D eigenvalue weighted by Crippen LogP contribution is 2.30. The second kappa shape index (κ2) is 6.24. The molecule has 0 aliphatic carbocycles. The maximum Gasteiger partial charge on any atom is 0.229 e. The zero-order chi connectivity index (χ0) is 12.8. The number of hydrogen-bond acceptors (Lipinski definition) is 1. The number of rotatable bonds is 4. The summed E-state index contributed by atoms with van der Waals surface area (Å²) in [4.78, 5) is 13.6. The maximum absolute atomic E-state index is 11.7. The molecule has 1 heterocycles. The molecule has 0 aromatic rings. The molecule has 0 N–H and O–H groups in total. The molecule has 0 radical (unpaired) electrons. The summed E-state index contributed by atoms with van der Waals surface area (Å²) in [6, 6.07) is 0.213. The summed E-state index contributed by atoms with van der Waals surface area (Å²) in [5, 5.41) is 0. The van der Waals surface area contributed by atoms with E-state index in [-0.39, 0.29) is 11.9 Å². The van der Waals surface area contributed by atoms with Crippen LogP contribution in [0.5, 0.6) is 0 Å². The molecule has 0 bridgehead atoms. The highest BCUT2D eigenvalue weighted by molar-refractivity contribution is 5.86. The molecule has 92 valence electrons. The normalized spacial score (nSPS) is 22.7. The zero-order valence-electron chi connectivity index (χ0n) is 11.1. The molecule has 0 saturated carbocycles. The molecule has 1 saturated heterocycles. The molecule has 1 fully saturated rings. The van der Waals surface area contributed by atoms with Crippen LogP contribution in [0.15, 0.2) is 47.7 Å². The Balaban J connectivity index is 2.88. The number of allylic oxidation sites excluding steroid dienone is 6. The van der Waals surface area contributed by atoms with Gasteiger partial charge in [0.05, 0.1) is 12.5 Å². The molecule has 1 atom stereocenters. The highest BCUT2D eigenvalue weighted by atomic mass is 16.2. The largest absolute Gasteiger partial charge is 0.308 e. The average Bonchev–Trinajstić information content (AvgIpc) is 2.30. The first kappa shape index (κ1) is 13.5. The number of likely N-dealkylation sites (tertiary alicyclic amines) is 1. The van der Waals surface area contributed by atoms with Gasteiger partial charge in [-0.2, -0.15) is 0 Å². The molecule has 0 spiro atoms. The molecule has 17 heavy (non-hydrogen) atoms. The summed E-state index contributed by atoms with van der Waals surface area (Å²) in [7, 11) is 0. The number of amides is 1. The van der Waals surface area contributed by atoms with E-state index in [1.165, 1.54) is 5.57 Å². The third kappa shape index (κ3) is 2.96. The van der Waals surface area contributed by atoms with Gasteiger partial charge in [-0.3, -0.25) is 4.79 Å². The smallest absolute Gasteiger partial charge is 0.229 e. The Morgan fingerprint density at radius 2 is 2.00 bits per heavy atom. The van der Waals surface area contributed by atoms with Gasteiger partial charge in [0.15, 0.2) is 0 Å². The van der Waals surface area contributed by atoms with Gasteiger partial charge in [-0.05, 0) is 39.3 Å². The Morgan fingerprint density at radius 3 is 2.47 bits per heavy atom. The maximum atomic E-state index is 11.7. The van der Waals surface area contributed by atoms with E-state index < -0.39 is 0 Å². The zero-order valence-corrected chi connectivity index (χ0v) is 11.1. The van der Waals surface area contributed by atoms with Crippen LogP contribution in [0.2, 0.25) is 0 Å². The molecular formula is C15H21NO. The molecule has 1 amide bonds. The lowest BCUT2D eigenvalue weighted by Crippen LogP contribution is -2.51. The van der Waals surface area contributed by atoms with E-state index >= 15 is 0 Å². The fraction of sp³-hybridized carbons (Fsp3) is 0.400. The van der Waals surface area contributed by atoms with Crippen LogP contribution in [-0.4, -0.2) is 16.8 Å². The fourth-order valence-electron chi connectivity index (χ4n) is 2.03. The summed E-state index contributed by atoms with van der Waals surface area (Å²) < 4.78 is 0. The highest BCUT2D eigenvalue weighted by Gasteiger charge is 2.38. The Kier molecular flexibility index (Phi) is 4.95. The summed E-state index contributed by atoms with van der Waals surface area (Å²) in [6.45, 7) is 7.96. The van der Waals surface area contributed by atoms with Gasteiger partial charge in [-0.1, -0.05) is 30.4 Å². The van der Waals surface area contributed by atoms with Gasteiger partial charge in [0.2, 0.25) is 5.91 Å². The van der Waals surface area contributed by atoms with Crippen molar-refractivity contribution in [1.82, 2.24) is 4.90 Å². The van der Waals surface area contributed by atoms with Crippen molar-refractivity contribution in [3.05, 3.63) is 47.7 Å². The lowest BCUT2D eigenvalue weighted by molar-refractivity contribution is -0.140. The first-order valence-electron chi connectivity index (χ1n) is 6.06.